The summed E-state index contributed by atoms with van der Waals surface area (Å²) >= 11 is 1.41. The van der Waals surface area contributed by atoms with Crippen molar-refractivity contribution < 1.29 is 14.3 Å². The van der Waals surface area contributed by atoms with Crippen molar-refractivity contribution in [3.05, 3.63) is 81.7 Å². The third-order valence-electron chi connectivity index (χ3n) is 5.44. The van der Waals surface area contributed by atoms with Gasteiger partial charge in [0.1, 0.15) is 11.4 Å². The number of anilines is 1. The Morgan fingerprint density at radius 3 is 2.44 bits per heavy atom. The Balaban J connectivity index is 1.54. The zero-order valence-corrected chi connectivity index (χ0v) is 20.0. The van der Waals surface area contributed by atoms with Crippen molar-refractivity contribution in [2.75, 3.05) is 11.9 Å². The van der Waals surface area contributed by atoms with Gasteiger partial charge >= 0.3 is 5.97 Å². The van der Waals surface area contributed by atoms with E-state index in [-0.39, 0.29) is 18.0 Å². The van der Waals surface area contributed by atoms with Gasteiger partial charge in [-0.05, 0) is 48.2 Å². The number of benzene rings is 2. The molecular weight excluding hydrogens is 450 g/mol. The summed E-state index contributed by atoms with van der Waals surface area (Å²) in [5.74, 6) is -0.367. The maximum absolute atomic E-state index is 13.2. The fourth-order valence-corrected chi connectivity index (χ4v) is 4.51. The molecule has 0 spiro atoms. The molecule has 0 unspecified atom stereocenters. The Kier molecular flexibility index (Phi) is 6.88. The highest BCUT2D eigenvalue weighted by Crippen LogP contribution is 2.31. The van der Waals surface area contributed by atoms with E-state index in [1.165, 1.54) is 27.8 Å². The molecule has 0 aliphatic rings. The fourth-order valence-electron chi connectivity index (χ4n) is 3.60. The summed E-state index contributed by atoms with van der Waals surface area (Å²) < 4.78 is 6.27. The Morgan fingerprint density at radius 1 is 1.09 bits per heavy atom. The monoisotopic (exact) mass is 475 g/mol. The van der Waals surface area contributed by atoms with Crippen LogP contribution in [0.5, 0.6) is 0 Å². The van der Waals surface area contributed by atoms with E-state index in [1.807, 2.05) is 17.5 Å². The van der Waals surface area contributed by atoms with Crippen LogP contribution in [-0.4, -0.2) is 28.0 Å². The SMILES string of the molecule is CCOC(=O)c1ccc(NC(=O)Cn2cnc3scc(-c4ccc(C(C)C)cc4)c3c2=O)cc1. The van der Waals surface area contributed by atoms with Crippen LogP contribution in [-0.2, 0) is 16.1 Å². The standard InChI is InChI=1S/C26H25N3O4S/c1-4-33-26(32)19-9-11-20(12-10-19)28-22(30)13-29-15-27-24-23(25(29)31)21(14-34-24)18-7-5-17(6-8-18)16(2)3/h5-12,14-16H,4,13H2,1-3H3,(H,28,30). The number of hydrogen-bond donors (Lipinski definition) is 1. The fraction of sp³-hybridized carbons (Fsp3) is 0.231. The van der Waals surface area contributed by atoms with Crippen molar-refractivity contribution in [1.29, 1.82) is 0 Å². The molecule has 0 saturated carbocycles. The molecule has 0 saturated heterocycles. The van der Waals surface area contributed by atoms with E-state index in [2.05, 4.69) is 36.3 Å². The minimum absolute atomic E-state index is 0.178. The number of ether oxygens (including phenoxy) is 1. The molecule has 4 aromatic rings. The number of carbonyl (C=O) groups is 2. The predicted octanol–water partition coefficient (Wildman–Crippen LogP) is 5.06. The van der Waals surface area contributed by atoms with E-state index >= 15 is 0 Å². The Morgan fingerprint density at radius 2 is 1.79 bits per heavy atom. The number of amides is 1. The molecule has 1 amide bonds. The minimum Gasteiger partial charge on any atom is -0.462 e. The summed E-state index contributed by atoms with van der Waals surface area (Å²) in [7, 11) is 0. The lowest BCUT2D eigenvalue weighted by atomic mass is 9.99. The van der Waals surface area contributed by atoms with Gasteiger partial charge in [-0.1, -0.05) is 38.1 Å². The molecule has 8 heteroatoms. The predicted molar refractivity (Wildman–Crippen MR) is 134 cm³/mol. The third-order valence-corrected chi connectivity index (χ3v) is 6.33. The second-order valence-electron chi connectivity index (χ2n) is 8.13. The van der Waals surface area contributed by atoms with Gasteiger partial charge in [-0.2, -0.15) is 0 Å². The molecule has 0 atom stereocenters. The summed E-state index contributed by atoms with van der Waals surface area (Å²) in [4.78, 5) is 42.6. The van der Waals surface area contributed by atoms with Crippen molar-refractivity contribution >= 4 is 39.1 Å². The van der Waals surface area contributed by atoms with Gasteiger partial charge in [-0.25, -0.2) is 9.78 Å². The highest BCUT2D eigenvalue weighted by molar-refractivity contribution is 7.17. The van der Waals surface area contributed by atoms with E-state index in [4.69, 9.17) is 4.74 Å². The van der Waals surface area contributed by atoms with Crippen molar-refractivity contribution in [2.45, 2.75) is 33.2 Å². The molecule has 2 aromatic carbocycles. The van der Waals surface area contributed by atoms with Crippen LogP contribution in [0.1, 0.15) is 42.6 Å². The first-order valence-electron chi connectivity index (χ1n) is 11.0. The van der Waals surface area contributed by atoms with Crippen LogP contribution in [0.25, 0.3) is 21.3 Å². The smallest absolute Gasteiger partial charge is 0.338 e. The first-order chi connectivity index (χ1) is 16.4. The Bertz CT molecular complexity index is 1390. The van der Waals surface area contributed by atoms with Gasteiger partial charge in [0.15, 0.2) is 0 Å². The molecule has 2 heterocycles. The third kappa shape index (κ3) is 4.92. The van der Waals surface area contributed by atoms with Crippen LogP contribution >= 0.6 is 11.3 Å². The van der Waals surface area contributed by atoms with E-state index in [0.29, 0.717) is 34.0 Å². The molecule has 0 aliphatic carbocycles. The highest BCUT2D eigenvalue weighted by Gasteiger charge is 2.15. The quantitative estimate of drug-likeness (QED) is 0.377. The van der Waals surface area contributed by atoms with Crippen LogP contribution in [0.3, 0.4) is 0 Å². The number of rotatable bonds is 7. The largest absolute Gasteiger partial charge is 0.462 e. The molecule has 0 aliphatic heterocycles. The molecule has 2 aromatic heterocycles. The second-order valence-corrected chi connectivity index (χ2v) is 8.99. The van der Waals surface area contributed by atoms with E-state index < -0.39 is 5.97 Å². The molecule has 7 nitrogen and oxygen atoms in total. The molecular formula is C26H25N3O4S. The molecule has 1 N–H and O–H groups in total. The number of nitrogens with zero attached hydrogens (tertiary/aromatic N) is 2. The van der Waals surface area contributed by atoms with E-state index in [9.17, 15) is 14.4 Å². The van der Waals surface area contributed by atoms with Crippen molar-refractivity contribution in [2.24, 2.45) is 0 Å². The molecule has 0 fully saturated rings. The molecule has 0 bridgehead atoms. The summed E-state index contributed by atoms with van der Waals surface area (Å²) in [6, 6.07) is 14.6. The number of fused-ring (bicyclic) bond motifs is 1. The minimum atomic E-state index is -0.420. The molecule has 174 valence electrons. The molecule has 4 rings (SSSR count). The summed E-state index contributed by atoms with van der Waals surface area (Å²) in [6.07, 6.45) is 1.40. The number of nitrogens with one attached hydrogen (secondary N) is 1. The Labute approximate surface area is 201 Å². The van der Waals surface area contributed by atoms with Gasteiger partial charge in [-0.3, -0.25) is 14.2 Å². The first-order valence-corrected chi connectivity index (χ1v) is 11.9. The van der Waals surface area contributed by atoms with Gasteiger partial charge in [0.05, 0.1) is 23.9 Å². The number of aromatic nitrogens is 2. The van der Waals surface area contributed by atoms with Gasteiger partial charge in [-0.15, -0.1) is 11.3 Å². The number of thiophene rings is 1. The van der Waals surface area contributed by atoms with Crippen molar-refractivity contribution in [3.63, 3.8) is 0 Å². The maximum atomic E-state index is 13.2. The normalized spacial score (nSPS) is 11.1. The van der Waals surface area contributed by atoms with Crippen LogP contribution in [0, 0.1) is 0 Å². The highest BCUT2D eigenvalue weighted by atomic mass is 32.1. The van der Waals surface area contributed by atoms with Crippen LogP contribution in [0.15, 0.2) is 65.0 Å². The zero-order valence-electron chi connectivity index (χ0n) is 19.2. The summed E-state index contributed by atoms with van der Waals surface area (Å²) in [5, 5.41) is 5.18. The summed E-state index contributed by atoms with van der Waals surface area (Å²) in [6.45, 7) is 6.12. The molecule has 0 radical (unpaired) electrons. The number of esters is 1. The first kappa shape index (κ1) is 23.4. The van der Waals surface area contributed by atoms with Crippen molar-refractivity contribution in [3.8, 4) is 11.1 Å². The van der Waals surface area contributed by atoms with Gasteiger partial charge in [0.25, 0.3) is 5.56 Å². The lowest BCUT2D eigenvalue weighted by Crippen LogP contribution is -2.27. The van der Waals surface area contributed by atoms with E-state index in [0.717, 1.165) is 11.1 Å². The van der Waals surface area contributed by atoms with Crippen LogP contribution in [0.2, 0.25) is 0 Å². The maximum Gasteiger partial charge on any atom is 0.338 e. The average molecular weight is 476 g/mol. The number of hydrogen-bond acceptors (Lipinski definition) is 6. The lowest BCUT2D eigenvalue weighted by Gasteiger charge is -2.09. The van der Waals surface area contributed by atoms with Gasteiger partial charge < -0.3 is 10.1 Å². The number of carbonyl (C=O) groups excluding carboxylic acids is 2. The van der Waals surface area contributed by atoms with Crippen LogP contribution in [0.4, 0.5) is 5.69 Å². The van der Waals surface area contributed by atoms with Crippen molar-refractivity contribution in [1.82, 2.24) is 9.55 Å². The Hall–Kier alpha value is -3.78. The zero-order chi connectivity index (χ0) is 24.2. The van der Waals surface area contributed by atoms with Gasteiger partial charge in [0, 0.05) is 16.6 Å². The lowest BCUT2D eigenvalue weighted by molar-refractivity contribution is -0.116. The van der Waals surface area contributed by atoms with Gasteiger partial charge in [0.2, 0.25) is 5.91 Å². The van der Waals surface area contributed by atoms with E-state index in [1.54, 1.807) is 31.2 Å². The average Bonchev–Trinajstić information content (AvgIpc) is 3.26. The van der Waals surface area contributed by atoms with Crippen LogP contribution < -0.4 is 10.9 Å². The summed E-state index contributed by atoms with van der Waals surface area (Å²) in [5.41, 5.74) is 3.64. The topological polar surface area (TPSA) is 90.3 Å². The molecule has 34 heavy (non-hydrogen) atoms. The second kappa shape index (κ2) is 10.0.